The largest absolute Gasteiger partial charge is 0.342 e. The van der Waals surface area contributed by atoms with Crippen LogP contribution in [0.25, 0.3) is 0 Å². The van der Waals surface area contributed by atoms with Crippen molar-refractivity contribution in [3.63, 3.8) is 0 Å². The molecule has 6 heteroatoms. The Balaban J connectivity index is 1.42. The number of likely N-dealkylation sites (N-methyl/N-ethyl adjacent to an activating group) is 1. The zero-order valence-electron chi connectivity index (χ0n) is 16.4. The molecule has 0 aromatic carbocycles. The third-order valence-electron chi connectivity index (χ3n) is 6.66. The number of likely N-dealkylation sites (tertiary alicyclic amines) is 1. The van der Waals surface area contributed by atoms with Gasteiger partial charge in [0.15, 0.2) is 0 Å². The topological polar surface area (TPSA) is 44.6 Å². The predicted molar refractivity (Wildman–Crippen MR) is 102 cm³/mol. The molecule has 26 heavy (non-hydrogen) atoms. The van der Waals surface area contributed by atoms with Crippen molar-refractivity contribution < 1.29 is 4.79 Å². The van der Waals surface area contributed by atoms with E-state index in [0.29, 0.717) is 12.3 Å². The first-order valence-electron chi connectivity index (χ1n) is 10.3. The average molecular weight is 360 g/mol. The quantitative estimate of drug-likeness (QED) is 0.804. The molecule has 2 saturated heterocycles. The van der Waals surface area contributed by atoms with Crippen molar-refractivity contribution in [1.82, 2.24) is 24.5 Å². The number of piperazine rings is 1. The summed E-state index contributed by atoms with van der Waals surface area (Å²) >= 11 is 0. The smallest absolute Gasteiger partial charge is 0.222 e. The molecule has 1 spiro atoms. The van der Waals surface area contributed by atoms with Gasteiger partial charge >= 0.3 is 0 Å². The lowest BCUT2D eigenvalue weighted by Crippen LogP contribution is -2.60. The van der Waals surface area contributed by atoms with Crippen LogP contribution in [0.3, 0.4) is 0 Å². The van der Waals surface area contributed by atoms with Crippen LogP contribution < -0.4 is 0 Å². The Morgan fingerprint density at radius 1 is 1.23 bits per heavy atom. The van der Waals surface area contributed by atoms with Gasteiger partial charge in [0, 0.05) is 64.0 Å². The highest BCUT2D eigenvalue weighted by Crippen LogP contribution is 2.35. The lowest BCUT2D eigenvalue weighted by Gasteiger charge is -2.49. The molecule has 6 nitrogen and oxygen atoms in total. The molecule has 3 aliphatic rings. The molecule has 1 aliphatic carbocycles. The molecule has 1 atom stereocenters. The zero-order valence-corrected chi connectivity index (χ0v) is 16.4. The summed E-state index contributed by atoms with van der Waals surface area (Å²) in [5, 5.41) is 4.66. The minimum atomic E-state index is 0.138. The number of hydrogen-bond acceptors (Lipinski definition) is 4. The summed E-state index contributed by atoms with van der Waals surface area (Å²) in [6.45, 7) is 9.09. The Labute approximate surface area is 157 Å². The number of nitrogens with zero attached hydrogens (tertiary/aromatic N) is 5. The second kappa shape index (κ2) is 7.31. The van der Waals surface area contributed by atoms with Gasteiger partial charge in [0.25, 0.3) is 0 Å². The van der Waals surface area contributed by atoms with Crippen LogP contribution in [0.2, 0.25) is 0 Å². The van der Waals surface area contributed by atoms with Crippen molar-refractivity contribution in [3.05, 3.63) is 18.0 Å². The van der Waals surface area contributed by atoms with Crippen LogP contribution in [0, 0.1) is 5.92 Å². The molecule has 3 heterocycles. The summed E-state index contributed by atoms with van der Waals surface area (Å²) in [5.74, 6) is 1.16. The Morgan fingerprint density at radius 3 is 2.81 bits per heavy atom. The van der Waals surface area contributed by atoms with E-state index in [-0.39, 0.29) is 5.54 Å². The van der Waals surface area contributed by atoms with E-state index in [1.807, 2.05) is 4.68 Å². The maximum absolute atomic E-state index is 12.6. The van der Waals surface area contributed by atoms with Crippen molar-refractivity contribution >= 4 is 5.91 Å². The SMILES string of the molecule is CCn1ccc(CN2CCN(C)C3(CCC(=O)N(CC4CC4)CC3)C2)n1. The number of hydrogen-bond donors (Lipinski definition) is 0. The van der Waals surface area contributed by atoms with Crippen LogP contribution in [0.5, 0.6) is 0 Å². The fourth-order valence-electron chi connectivity index (χ4n) is 4.61. The Kier molecular flexibility index (Phi) is 5.06. The molecule has 144 valence electrons. The lowest BCUT2D eigenvalue weighted by atomic mass is 9.86. The molecule has 0 N–H and O–H groups in total. The number of aromatic nitrogens is 2. The van der Waals surface area contributed by atoms with Crippen LogP contribution >= 0.6 is 0 Å². The normalized spacial score (nSPS) is 28.7. The highest BCUT2D eigenvalue weighted by atomic mass is 16.2. The molecule has 3 fully saturated rings. The first-order valence-corrected chi connectivity index (χ1v) is 10.3. The molecule has 1 aromatic rings. The summed E-state index contributed by atoms with van der Waals surface area (Å²) in [4.78, 5) is 19.8. The summed E-state index contributed by atoms with van der Waals surface area (Å²) in [6.07, 6.45) is 7.49. The number of carbonyl (C=O) groups excluding carboxylic acids is 1. The van der Waals surface area contributed by atoms with Crippen LogP contribution in [-0.2, 0) is 17.9 Å². The summed E-state index contributed by atoms with van der Waals surface area (Å²) in [5.41, 5.74) is 1.30. The van der Waals surface area contributed by atoms with E-state index >= 15 is 0 Å². The number of aryl methyl sites for hydroxylation is 1. The number of rotatable bonds is 5. The van der Waals surface area contributed by atoms with E-state index in [0.717, 1.165) is 70.3 Å². The highest BCUT2D eigenvalue weighted by molar-refractivity contribution is 5.76. The molecule has 0 radical (unpaired) electrons. The van der Waals surface area contributed by atoms with Gasteiger partial charge < -0.3 is 4.90 Å². The van der Waals surface area contributed by atoms with E-state index in [1.54, 1.807) is 0 Å². The second-order valence-corrected chi connectivity index (χ2v) is 8.55. The van der Waals surface area contributed by atoms with Gasteiger partial charge in [-0.15, -0.1) is 0 Å². The van der Waals surface area contributed by atoms with E-state index in [1.165, 1.54) is 12.8 Å². The monoisotopic (exact) mass is 359 g/mol. The van der Waals surface area contributed by atoms with Crippen LogP contribution in [-0.4, -0.2) is 75.7 Å². The predicted octanol–water partition coefficient (Wildman–Crippen LogP) is 1.81. The maximum atomic E-state index is 12.6. The van der Waals surface area contributed by atoms with E-state index in [9.17, 15) is 4.79 Å². The molecular weight excluding hydrogens is 326 g/mol. The van der Waals surface area contributed by atoms with Gasteiger partial charge in [-0.25, -0.2) is 0 Å². The van der Waals surface area contributed by atoms with Crippen molar-refractivity contribution in [2.45, 2.75) is 57.7 Å². The van der Waals surface area contributed by atoms with Crippen molar-refractivity contribution in [2.24, 2.45) is 5.92 Å². The molecule has 4 rings (SSSR count). The van der Waals surface area contributed by atoms with Gasteiger partial charge in [-0.3, -0.25) is 19.3 Å². The summed E-state index contributed by atoms with van der Waals surface area (Å²) in [6, 6.07) is 2.14. The van der Waals surface area contributed by atoms with E-state index in [2.05, 4.69) is 46.0 Å². The summed E-state index contributed by atoms with van der Waals surface area (Å²) in [7, 11) is 2.25. The third kappa shape index (κ3) is 3.81. The molecule has 0 bridgehead atoms. The van der Waals surface area contributed by atoms with Crippen LogP contribution in [0.15, 0.2) is 12.3 Å². The minimum absolute atomic E-state index is 0.138. The van der Waals surface area contributed by atoms with Gasteiger partial charge in [-0.05, 0) is 51.6 Å². The van der Waals surface area contributed by atoms with Gasteiger partial charge in [-0.2, -0.15) is 5.10 Å². The third-order valence-corrected chi connectivity index (χ3v) is 6.66. The first kappa shape index (κ1) is 18.0. The standard InChI is InChI=1S/C20H33N5O/c1-3-25-10-7-18(21-25)15-23-13-12-22(2)20(16-23)8-6-19(26)24(11-9-20)14-17-4-5-17/h7,10,17H,3-6,8-9,11-16H2,1-2H3. The van der Waals surface area contributed by atoms with Crippen LogP contribution in [0.4, 0.5) is 0 Å². The summed E-state index contributed by atoms with van der Waals surface area (Å²) < 4.78 is 2.00. The first-order chi connectivity index (χ1) is 12.6. The Bertz CT molecular complexity index is 640. The minimum Gasteiger partial charge on any atom is -0.342 e. The molecule has 2 aliphatic heterocycles. The maximum Gasteiger partial charge on any atom is 0.222 e. The zero-order chi connectivity index (χ0) is 18.1. The van der Waals surface area contributed by atoms with E-state index in [4.69, 9.17) is 0 Å². The molecular formula is C20H33N5O. The van der Waals surface area contributed by atoms with Gasteiger partial charge in [0.2, 0.25) is 5.91 Å². The van der Waals surface area contributed by atoms with E-state index < -0.39 is 0 Å². The highest BCUT2D eigenvalue weighted by Gasteiger charge is 2.42. The fraction of sp³-hybridized carbons (Fsp3) is 0.800. The number of carbonyl (C=O) groups is 1. The van der Waals surface area contributed by atoms with Crippen molar-refractivity contribution in [3.8, 4) is 0 Å². The number of amides is 1. The van der Waals surface area contributed by atoms with Gasteiger partial charge in [0.1, 0.15) is 0 Å². The van der Waals surface area contributed by atoms with Gasteiger partial charge in [-0.1, -0.05) is 0 Å². The Hall–Kier alpha value is -1.40. The molecule has 1 saturated carbocycles. The second-order valence-electron chi connectivity index (χ2n) is 8.55. The average Bonchev–Trinajstić information content (AvgIpc) is 3.37. The molecule has 1 unspecified atom stereocenters. The lowest BCUT2D eigenvalue weighted by molar-refractivity contribution is -0.131. The fourth-order valence-corrected chi connectivity index (χ4v) is 4.61. The van der Waals surface area contributed by atoms with Crippen molar-refractivity contribution in [1.29, 1.82) is 0 Å². The molecule has 1 amide bonds. The van der Waals surface area contributed by atoms with Crippen molar-refractivity contribution in [2.75, 3.05) is 39.8 Å². The Morgan fingerprint density at radius 2 is 2.08 bits per heavy atom. The van der Waals surface area contributed by atoms with Gasteiger partial charge in [0.05, 0.1) is 5.69 Å². The molecule has 1 aromatic heterocycles. The van der Waals surface area contributed by atoms with Crippen LogP contribution in [0.1, 0.15) is 44.7 Å².